The molecule has 5 rings (SSSR count). The van der Waals surface area contributed by atoms with Gasteiger partial charge in [0.15, 0.2) is 5.82 Å². The minimum atomic E-state index is 0.509. The fourth-order valence-corrected chi connectivity index (χ4v) is 5.40. The van der Waals surface area contributed by atoms with Crippen molar-refractivity contribution >= 4 is 16.9 Å². The number of rotatable bonds is 1. The van der Waals surface area contributed by atoms with Gasteiger partial charge in [0.25, 0.3) is 0 Å². The van der Waals surface area contributed by atoms with Gasteiger partial charge in [-0.1, -0.05) is 29.8 Å². The third-order valence-corrected chi connectivity index (χ3v) is 6.45. The van der Waals surface area contributed by atoms with Gasteiger partial charge >= 0.3 is 0 Å². The third kappa shape index (κ3) is 2.31. The molecule has 1 aliphatic heterocycles. The van der Waals surface area contributed by atoms with E-state index < -0.39 is 0 Å². The Morgan fingerprint density at radius 3 is 2.88 bits per heavy atom. The number of ether oxygens (including phenoxy) is 1. The topological polar surface area (TPSA) is 39.9 Å². The predicted octanol–water partition coefficient (Wildman–Crippen LogP) is 4.66. The van der Waals surface area contributed by atoms with Crippen molar-refractivity contribution in [3.05, 3.63) is 68.6 Å². The van der Waals surface area contributed by atoms with E-state index in [1.807, 2.05) is 18.3 Å². The number of hydrogen-bond acceptors (Lipinski definition) is 4. The maximum Gasteiger partial charge on any atom is 0.164 e. The molecule has 1 aliphatic carbocycles. The lowest BCUT2D eigenvalue weighted by Gasteiger charge is -2.20. The molecule has 3 aromatic rings. The molecule has 0 amide bonds. The first kappa shape index (κ1) is 16.0. The van der Waals surface area contributed by atoms with Crippen LogP contribution in [0, 0.1) is 20.8 Å². The van der Waals surface area contributed by atoms with E-state index >= 15 is 0 Å². The standard InChI is InChI=1S/C21H21N3OS/c1-12-7-8-16-15(9-12)5-4-6-17(16)20-13(2)26-21-18(20)10-25-11-19-23-22-14(3)24(19)21/h6-9H,4-5,10-11H2,1-3H3. The van der Waals surface area contributed by atoms with Crippen LogP contribution in [0.1, 0.15) is 50.8 Å². The second-order valence-corrected chi connectivity index (χ2v) is 8.33. The molecule has 0 unspecified atom stereocenters. The average Bonchev–Trinajstić information content (AvgIpc) is 3.08. The fraction of sp³-hybridized carbons (Fsp3) is 0.333. The maximum atomic E-state index is 5.97. The van der Waals surface area contributed by atoms with Crippen LogP contribution in [-0.2, 0) is 24.4 Å². The molecule has 0 bridgehead atoms. The molecule has 0 fully saturated rings. The Kier molecular flexibility index (Phi) is 3.62. The van der Waals surface area contributed by atoms with Gasteiger partial charge in [-0.25, -0.2) is 0 Å². The lowest BCUT2D eigenvalue weighted by molar-refractivity contribution is 0.105. The summed E-state index contributed by atoms with van der Waals surface area (Å²) in [5.41, 5.74) is 8.13. The van der Waals surface area contributed by atoms with Gasteiger partial charge in [-0.15, -0.1) is 21.5 Å². The van der Waals surface area contributed by atoms with Gasteiger partial charge in [0.2, 0.25) is 0 Å². The first-order valence-corrected chi connectivity index (χ1v) is 9.87. The van der Waals surface area contributed by atoms with Crippen molar-refractivity contribution in [1.29, 1.82) is 0 Å². The summed E-state index contributed by atoms with van der Waals surface area (Å²) in [5.74, 6) is 1.82. The summed E-state index contributed by atoms with van der Waals surface area (Å²) in [4.78, 5) is 1.33. The van der Waals surface area contributed by atoms with Crippen LogP contribution < -0.4 is 0 Å². The number of hydrogen-bond donors (Lipinski definition) is 0. The van der Waals surface area contributed by atoms with Crippen molar-refractivity contribution in [2.45, 2.75) is 46.8 Å². The van der Waals surface area contributed by atoms with Gasteiger partial charge in [-0.2, -0.15) is 0 Å². The molecule has 2 aromatic heterocycles. The first-order valence-electron chi connectivity index (χ1n) is 9.05. The minimum Gasteiger partial charge on any atom is -0.369 e. The van der Waals surface area contributed by atoms with Gasteiger partial charge in [0.1, 0.15) is 17.4 Å². The number of thiophene rings is 1. The number of allylic oxidation sites excluding steroid dienone is 1. The van der Waals surface area contributed by atoms with Crippen LogP contribution in [0.2, 0.25) is 0 Å². The Morgan fingerprint density at radius 2 is 2.00 bits per heavy atom. The van der Waals surface area contributed by atoms with E-state index in [0.717, 1.165) is 24.5 Å². The monoisotopic (exact) mass is 363 g/mol. The highest BCUT2D eigenvalue weighted by Gasteiger charge is 2.27. The van der Waals surface area contributed by atoms with E-state index in [9.17, 15) is 0 Å². The summed E-state index contributed by atoms with van der Waals surface area (Å²) in [6, 6.07) is 6.84. The lowest BCUT2D eigenvalue weighted by Crippen LogP contribution is -2.04. The zero-order chi connectivity index (χ0) is 17.8. The summed E-state index contributed by atoms with van der Waals surface area (Å²) < 4.78 is 8.14. The van der Waals surface area contributed by atoms with Crippen molar-refractivity contribution in [2.75, 3.05) is 0 Å². The number of benzene rings is 1. The van der Waals surface area contributed by atoms with Crippen molar-refractivity contribution in [3.63, 3.8) is 0 Å². The first-order chi connectivity index (χ1) is 12.6. The van der Waals surface area contributed by atoms with Gasteiger partial charge in [0.05, 0.1) is 6.61 Å². The van der Waals surface area contributed by atoms with E-state index in [0.29, 0.717) is 13.2 Å². The SMILES string of the molecule is Cc1ccc2c(c1)CCC=C2c1c(C)sc2c1COCc1nnc(C)n1-2. The highest BCUT2D eigenvalue weighted by Crippen LogP contribution is 2.43. The van der Waals surface area contributed by atoms with Crippen LogP contribution in [-0.4, -0.2) is 14.8 Å². The highest BCUT2D eigenvalue weighted by atomic mass is 32.1. The molecule has 5 heteroatoms. The molecule has 0 saturated heterocycles. The Labute approximate surface area is 157 Å². The zero-order valence-electron chi connectivity index (χ0n) is 15.3. The van der Waals surface area contributed by atoms with Crippen LogP contribution >= 0.6 is 11.3 Å². The number of fused-ring (bicyclic) bond motifs is 4. The quantitative estimate of drug-likeness (QED) is 0.631. The summed E-state index contributed by atoms with van der Waals surface area (Å²) in [5, 5.41) is 9.77. The second kappa shape index (κ2) is 5.89. The fourth-order valence-electron chi connectivity index (χ4n) is 4.16. The Hall–Kier alpha value is -2.24. The molecule has 26 heavy (non-hydrogen) atoms. The summed E-state index contributed by atoms with van der Waals surface area (Å²) in [7, 11) is 0. The molecular formula is C21H21N3OS. The summed E-state index contributed by atoms with van der Waals surface area (Å²) >= 11 is 1.83. The molecule has 4 nitrogen and oxygen atoms in total. The normalized spacial score (nSPS) is 15.7. The van der Waals surface area contributed by atoms with Crippen LogP contribution in [0.4, 0.5) is 0 Å². The van der Waals surface area contributed by atoms with Gasteiger partial charge < -0.3 is 4.74 Å². The van der Waals surface area contributed by atoms with Gasteiger partial charge in [0, 0.05) is 16.0 Å². The van der Waals surface area contributed by atoms with Crippen molar-refractivity contribution in [1.82, 2.24) is 14.8 Å². The molecule has 0 radical (unpaired) electrons. The van der Waals surface area contributed by atoms with E-state index in [2.05, 4.69) is 52.9 Å². The lowest BCUT2D eigenvalue weighted by atomic mass is 9.85. The van der Waals surface area contributed by atoms with Crippen molar-refractivity contribution in [2.24, 2.45) is 0 Å². The van der Waals surface area contributed by atoms with Crippen LogP contribution in [0.5, 0.6) is 0 Å². The van der Waals surface area contributed by atoms with Gasteiger partial charge in [-0.3, -0.25) is 4.57 Å². The molecule has 0 atom stereocenters. The molecule has 0 N–H and O–H groups in total. The van der Waals surface area contributed by atoms with Crippen LogP contribution in [0.3, 0.4) is 0 Å². The molecule has 1 aromatic carbocycles. The zero-order valence-corrected chi connectivity index (χ0v) is 16.1. The van der Waals surface area contributed by atoms with E-state index in [1.165, 1.54) is 43.3 Å². The molecule has 0 saturated carbocycles. The molecule has 3 heterocycles. The van der Waals surface area contributed by atoms with E-state index in [1.54, 1.807) is 0 Å². The second-order valence-electron chi connectivity index (χ2n) is 7.13. The number of aryl methyl sites for hydroxylation is 4. The smallest absolute Gasteiger partial charge is 0.164 e. The Balaban J connectivity index is 1.73. The maximum absolute atomic E-state index is 5.97. The third-order valence-electron chi connectivity index (χ3n) is 5.32. The van der Waals surface area contributed by atoms with Gasteiger partial charge in [-0.05, 0) is 50.3 Å². The number of nitrogens with zero attached hydrogens (tertiary/aromatic N) is 3. The largest absolute Gasteiger partial charge is 0.369 e. The molecular weight excluding hydrogens is 342 g/mol. The summed E-state index contributed by atoms with van der Waals surface area (Å²) in [6.07, 6.45) is 4.61. The van der Waals surface area contributed by atoms with E-state index in [-0.39, 0.29) is 0 Å². The highest BCUT2D eigenvalue weighted by molar-refractivity contribution is 7.15. The van der Waals surface area contributed by atoms with Crippen molar-refractivity contribution in [3.8, 4) is 5.00 Å². The minimum absolute atomic E-state index is 0.509. The van der Waals surface area contributed by atoms with Crippen LogP contribution in [0.15, 0.2) is 24.3 Å². The Bertz CT molecular complexity index is 1060. The summed E-state index contributed by atoms with van der Waals surface area (Å²) in [6.45, 7) is 7.53. The molecule has 132 valence electrons. The average molecular weight is 363 g/mol. The van der Waals surface area contributed by atoms with Crippen molar-refractivity contribution < 1.29 is 4.74 Å². The Morgan fingerprint density at radius 1 is 1.12 bits per heavy atom. The molecule has 0 spiro atoms. The molecule has 2 aliphatic rings. The predicted molar refractivity (Wildman–Crippen MR) is 104 cm³/mol. The number of aromatic nitrogens is 3. The van der Waals surface area contributed by atoms with E-state index in [4.69, 9.17) is 4.74 Å². The van der Waals surface area contributed by atoms with Crippen LogP contribution in [0.25, 0.3) is 10.6 Å².